The Morgan fingerprint density at radius 3 is 1.45 bits per heavy atom. The van der Waals surface area contributed by atoms with Crippen molar-refractivity contribution in [1.82, 2.24) is 10.6 Å². The van der Waals surface area contributed by atoms with Crippen LogP contribution in [0.25, 0.3) is 0 Å². The molecule has 0 aliphatic heterocycles. The molecule has 0 radical (unpaired) electrons. The second-order valence-corrected chi connectivity index (χ2v) is 8.58. The SMILES string of the molecule is COC(=O)[C@@H](NC(=O)c1cc(C(=O)N[C@H](C(=O)OC)C(C)C)cc(C2C=CC=C2)c1)C(C)C. The highest BCUT2D eigenvalue weighted by atomic mass is 16.5. The molecule has 0 saturated carbocycles. The van der Waals surface area contributed by atoms with Gasteiger partial charge in [0.2, 0.25) is 0 Å². The molecule has 0 unspecified atom stereocenters. The number of hydrogen-bond donors (Lipinski definition) is 2. The first-order valence-corrected chi connectivity index (χ1v) is 10.9. The fraction of sp³-hybridized carbons (Fsp3) is 0.440. The van der Waals surface area contributed by atoms with Gasteiger partial charge in [0.15, 0.2) is 0 Å². The molecule has 2 rings (SSSR count). The van der Waals surface area contributed by atoms with Crippen molar-refractivity contribution >= 4 is 23.8 Å². The van der Waals surface area contributed by atoms with Crippen LogP contribution >= 0.6 is 0 Å². The van der Waals surface area contributed by atoms with Gasteiger partial charge in [-0.1, -0.05) is 52.0 Å². The van der Waals surface area contributed by atoms with Crippen molar-refractivity contribution in [3.63, 3.8) is 0 Å². The van der Waals surface area contributed by atoms with Crippen LogP contribution in [0.5, 0.6) is 0 Å². The minimum atomic E-state index is -0.834. The van der Waals surface area contributed by atoms with Crippen LogP contribution in [-0.4, -0.2) is 50.1 Å². The fourth-order valence-corrected chi connectivity index (χ4v) is 3.46. The van der Waals surface area contributed by atoms with Crippen molar-refractivity contribution in [2.24, 2.45) is 11.8 Å². The van der Waals surface area contributed by atoms with Gasteiger partial charge < -0.3 is 20.1 Å². The molecule has 0 bridgehead atoms. The molecule has 178 valence electrons. The normalized spacial score (nSPS) is 14.8. The van der Waals surface area contributed by atoms with Crippen LogP contribution in [0, 0.1) is 11.8 Å². The predicted molar refractivity (Wildman–Crippen MR) is 124 cm³/mol. The van der Waals surface area contributed by atoms with Crippen LogP contribution in [0.1, 0.15) is 59.9 Å². The summed E-state index contributed by atoms with van der Waals surface area (Å²) in [6.45, 7) is 7.18. The number of benzene rings is 1. The third kappa shape index (κ3) is 6.54. The molecule has 2 amide bonds. The first-order chi connectivity index (χ1) is 15.6. The molecule has 1 aromatic rings. The highest BCUT2D eigenvalue weighted by Crippen LogP contribution is 2.26. The van der Waals surface area contributed by atoms with E-state index in [4.69, 9.17) is 9.47 Å². The highest BCUT2D eigenvalue weighted by molar-refractivity contribution is 6.02. The average molecular weight is 457 g/mol. The van der Waals surface area contributed by atoms with Crippen molar-refractivity contribution in [3.8, 4) is 0 Å². The highest BCUT2D eigenvalue weighted by Gasteiger charge is 2.28. The molecule has 1 aliphatic carbocycles. The Labute approximate surface area is 194 Å². The summed E-state index contributed by atoms with van der Waals surface area (Å²) in [5, 5.41) is 5.40. The zero-order valence-corrected chi connectivity index (χ0v) is 19.9. The number of amides is 2. The summed E-state index contributed by atoms with van der Waals surface area (Å²) in [6.07, 6.45) is 7.65. The molecule has 0 fully saturated rings. The predicted octanol–water partition coefficient (Wildman–Crippen LogP) is 2.75. The minimum Gasteiger partial charge on any atom is -0.467 e. The van der Waals surface area contributed by atoms with Crippen molar-refractivity contribution in [1.29, 1.82) is 0 Å². The van der Waals surface area contributed by atoms with Crippen LogP contribution in [0.4, 0.5) is 0 Å². The van der Waals surface area contributed by atoms with Gasteiger partial charge in [-0.3, -0.25) is 9.59 Å². The molecule has 0 spiro atoms. The fourth-order valence-electron chi connectivity index (χ4n) is 3.46. The largest absolute Gasteiger partial charge is 0.467 e. The Kier molecular flexibility index (Phi) is 8.96. The van der Waals surface area contributed by atoms with Gasteiger partial charge >= 0.3 is 11.9 Å². The average Bonchev–Trinajstić information content (AvgIpc) is 3.34. The Morgan fingerprint density at radius 2 is 1.12 bits per heavy atom. The van der Waals surface area contributed by atoms with E-state index in [1.54, 1.807) is 39.8 Å². The van der Waals surface area contributed by atoms with E-state index in [1.165, 1.54) is 20.3 Å². The number of nitrogens with one attached hydrogen (secondary N) is 2. The summed E-state index contributed by atoms with van der Waals surface area (Å²) in [5.74, 6) is -2.60. The molecule has 33 heavy (non-hydrogen) atoms. The number of esters is 2. The lowest BCUT2D eigenvalue weighted by Gasteiger charge is -2.22. The molecule has 0 saturated heterocycles. The number of carbonyl (C=O) groups excluding carboxylic acids is 4. The molecule has 0 heterocycles. The van der Waals surface area contributed by atoms with Crippen LogP contribution in [0.15, 0.2) is 42.5 Å². The topological polar surface area (TPSA) is 111 Å². The lowest BCUT2D eigenvalue weighted by Crippen LogP contribution is -2.45. The van der Waals surface area contributed by atoms with Gasteiger partial charge in [-0.15, -0.1) is 0 Å². The van der Waals surface area contributed by atoms with E-state index in [9.17, 15) is 19.2 Å². The second kappa shape index (κ2) is 11.4. The first kappa shape index (κ1) is 25.8. The molecule has 1 aromatic carbocycles. The Bertz CT molecular complexity index is 891. The van der Waals surface area contributed by atoms with Crippen molar-refractivity contribution < 1.29 is 28.7 Å². The summed E-state index contributed by atoms with van der Waals surface area (Å²) < 4.78 is 9.59. The molecular weight excluding hydrogens is 424 g/mol. The summed E-state index contributed by atoms with van der Waals surface area (Å²) in [4.78, 5) is 50.3. The molecule has 8 nitrogen and oxygen atoms in total. The minimum absolute atomic E-state index is 0.104. The van der Waals surface area contributed by atoms with Crippen molar-refractivity contribution in [3.05, 3.63) is 59.2 Å². The van der Waals surface area contributed by atoms with E-state index >= 15 is 0 Å². The monoisotopic (exact) mass is 456 g/mol. The molecule has 0 aromatic heterocycles. The van der Waals surface area contributed by atoms with Crippen LogP contribution in [-0.2, 0) is 19.1 Å². The summed E-state index contributed by atoms with van der Waals surface area (Å²) in [7, 11) is 2.52. The number of ether oxygens (including phenoxy) is 2. The van der Waals surface area contributed by atoms with E-state index in [1.807, 2.05) is 24.3 Å². The van der Waals surface area contributed by atoms with Crippen LogP contribution < -0.4 is 10.6 Å². The van der Waals surface area contributed by atoms with Gasteiger partial charge in [0.25, 0.3) is 11.8 Å². The molecule has 1 aliphatic rings. The lowest BCUT2D eigenvalue weighted by molar-refractivity contribution is -0.144. The van der Waals surface area contributed by atoms with E-state index in [0.717, 1.165) is 5.56 Å². The van der Waals surface area contributed by atoms with E-state index in [0.29, 0.717) is 0 Å². The number of hydrogen-bond acceptors (Lipinski definition) is 6. The van der Waals surface area contributed by atoms with Crippen molar-refractivity contribution in [2.75, 3.05) is 14.2 Å². The van der Waals surface area contributed by atoms with Gasteiger partial charge in [0, 0.05) is 17.0 Å². The number of allylic oxidation sites excluding steroid dienone is 4. The number of rotatable bonds is 9. The molecular formula is C25H32N2O6. The van der Waals surface area contributed by atoms with Crippen molar-refractivity contribution in [2.45, 2.75) is 45.7 Å². The quantitative estimate of drug-likeness (QED) is 0.553. The molecule has 8 heteroatoms. The van der Waals surface area contributed by atoms with Gasteiger partial charge in [-0.05, 0) is 35.6 Å². The molecule has 2 N–H and O–H groups in total. The summed E-state index contributed by atoms with van der Waals surface area (Å²) in [5.41, 5.74) is 1.18. The standard InChI is InChI=1S/C25H32N2O6/c1-14(2)20(24(30)32-5)26-22(28)18-11-17(16-9-7-8-10-16)12-19(13-18)23(29)27-21(15(3)4)25(31)33-6/h7-16,20-21H,1-6H3,(H,26,28)(H,27,29)/t20-,21-/m0/s1. The Hall–Kier alpha value is -3.42. The second-order valence-electron chi connectivity index (χ2n) is 8.58. The van der Waals surface area contributed by atoms with Crippen LogP contribution in [0.3, 0.4) is 0 Å². The summed E-state index contributed by atoms with van der Waals surface area (Å²) in [6, 6.07) is 3.15. The van der Waals surface area contributed by atoms with Gasteiger partial charge in [0.1, 0.15) is 12.1 Å². The number of methoxy groups -OCH3 is 2. The molecule has 2 atom stereocenters. The van der Waals surface area contributed by atoms with E-state index in [-0.39, 0.29) is 28.9 Å². The number of carbonyl (C=O) groups is 4. The first-order valence-electron chi connectivity index (χ1n) is 10.9. The third-order valence-electron chi connectivity index (χ3n) is 5.43. The van der Waals surface area contributed by atoms with Gasteiger partial charge in [-0.2, -0.15) is 0 Å². The Balaban J connectivity index is 2.41. The van der Waals surface area contributed by atoms with Gasteiger partial charge in [-0.25, -0.2) is 9.59 Å². The Morgan fingerprint density at radius 1 is 0.727 bits per heavy atom. The van der Waals surface area contributed by atoms with Gasteiger partial charge in [0.05, 0.1) is 14.2 Å². The smallest absolute Gasteiger partial charge is 0.328 e. The maximum Gasteiger partial charge on any atom is 0.328 e. The zero-order valence-electron chi connectivity index (χ0n) is 19.9. The summed E-state index contributed by atoms with van der Waals surface area (Å²) >= 11 is 0. The third-order valence-corrected chi connectivity index (χ3v) is 5.43. The van der Waals surface area contributed by atoms with E-state index < -0.39 is 35.8 Å². The zero-order chi connectivity index (χ0) is 24.7. The maximum absolute atomic E-state index is 13.0. The lowest BCUT2D eigenvalue weighted by atomic mass is 9.94. The van der Waals surface area contributed by atoms with Crippen LogP contribution in [0.2, 0.25) is 0 Å². The van der Waals surface area contributed by atoms with E-state index in [2.05, 4.69) is 10.6 Å². The maximum atomic E-state index is 13.0.